The maximum absolute atomic E-state index is 4.17. The summed E-state index contributed by atoms with van der Waals surface area (Å²) in [5.74, 6) is 0. The van der Waals surface area contributed by atoms with Crippen LogP contribution in [-0.2, 0) is 6.54 Å². The lowest BCUT2D eigenvalue weighted by Crippen LogP contribution is -2.28. The van der Waals surface area contributed by atoms with E-state index in [0.29, 0.717) is 6.04 Å². The Labute approximate surface area is 87.6 Å². The van der Waals surface area contributed by atoms with Crippen LogP contribution in [0.2, 0.25) is 0 Å². The molecular formula is C9H16BrN3. The Kier molecular flexibility index (Phi) is 4.45. The molecule has 0 aliphatic heterocycles. The highest BCUT2D eigenvalue weighted by atomic mass is 79.9. The summed E-state index contributed by atoms with van der Waals surface area (Å²) < 4.78 is 2.97. The van der Waals surface area contributed by atoms with Gasteiger partial charge in [-0.2, -0.15) is 5.10 Å². The molecule has 74 valence electrons. The predicted molar refractivity (Wildman–Crippen MR) is 57.7 cm³/mol. The van der Waals surface area contributed by atoms with E-state index in [9.17, 15) is 0 Å². The van der Waals surface area contributed by atoms with Gasteiger partial charge in [-0.3, -0.25) is 4.68 Å². The average Bonchev–Trinajstić information content (AvgIpc) is 2.51. The molecule has 3 nitrogen and oxygen atoms in total. The van der Waals surface area contributed by atoms with Crippen molar-refractivity contribution >= 4 is 15.9 Å². The van der Waals surface area contributed by atoms with Gasteiger partial charge in [-0.25, -0.2) is 0 Å². The first-order valence-corrected chi connectivity index (χ1v) is 5.43. The van der Waals surface area contributed by atoms with Gasteiger partial charge in [0.2, 0.25) is 0 Å². The molecule has 0 fully saturated rings. The maximum atomic E-state index is 4.17. The molecule has 0 aromatic carbocycles. The minimum absolute atomic E-state index is 0.596. The van der Waals surface area contributed by atoms with Gasteiger partial charge in [0.25, 0.3) is 0 Å². The fraction of sp³-hybridized carbons (Fsp3) is 0.667. The fourth-order valence-electron chi connectivity index (χ4n) is 1.03. The van der Waals surface area contributed by atoms with Crippen LogP contribution in [0.1, 0.15) is 20.3 Å². The van der Waals surface area contributed by atoms with Crippen LogP contribution in [0.3, 0.4) is 0 Å². The second-order valence-electron chi connectivity index (χ2n) is 3.19. The summed E-state index contributed by atoms with van der Waals surface area (Å²) in [7, 11) is 0. The first-order valence-electron chi connectivity index (χ1n) is 4.63. The zero-order chi connectivity index (χ0) is 9.68. The van der Waals surface area contributed by atoms with Gasteiger partial charge >= 0.3 is 0 Å². The van der Waals surface area contributed by atoms with E-state index < -0.39 is 0 Å². The molecule has 0 aliphatic rings. The van der Waals surface area contributed by atoms with Gasteiger partial charge in [0.1, 0.15) is 0 Å². The third-order valence-electron chi connectivity index (χ3n) is 2.05. The number of halogens is 1. The number of nitrogens with zero attached hydrogens (tertiary/aromatic N) is 2. The lowest BCUT2D eigenvalue weighted by atomic mass is 10.3. The number of hydrogen-bond donors (Lipinski definition) is 1. The largest absolute Gasteiger partial charge is 0.312 e. The van der Waals surface area contributed by atoms with Gasteiger partial charge in [0.05, 0.1) is 17.2 Å². The second kappa shape index (κ2) is 5.40. The number of rotatable bonds is 5. The van der Waals surface area contributed by atoms with Crippen molar-refractivity contribution in [2.75, 3.05) is 6.54 Å². The summed E-state index contributed by atoms with van der Waals surface area (Å²) >= 11 is 3.36. The Morgan fingerprint density at radius 2 is 2.46 bits per heavy atom. The van der Waals surface area contributed by atoms with Crippen molar-refractivity contribution < 1.29 is 0 Å². The molecule has 0 aliphatic carbocycles. The third kappa shape index (κ3) is 3.91. The molecule has 0 spiro atoms. The molecule has 4 heteroatoms. The van der Waals surface area contributed by atoms with E-state index in [4.69, 9.17) is 0 Å². The molecular weight excluding hydrogens is 230 g/mol. The molecule has 13 heavy (non-hydrogen) atoms. The number of aromatic nitrogens is 2. The normalized spacial score (nSPS) is 13.2. The fourth-order valence-corrected chi connectivity index (χ4v) is 1.36. The Morgan fingerprint density at radius 1 is 1.69 bits per heavy atom. The second-order valence-corrected chi connectivity index (χ2v) is 4.10. The van der Waals surface area contributed by atoms with E-state index in [2.05, 4.69) is 40.2 Å². The van der Waals surface area contributed by atoms with Crippen molar-refractivity contribution in [3.8, 4) is 0 Å². The van der Waals surface area contributed by atoms with E-state index in [-0.39, 0.29) is 0 Å². The summed E-state index contributed by atoms with van der Waals surface area (Å²) in [5, 5.41) is 7.58. The first kappa shape index (κ1) is 10.7. The maximum Gasteiger partial charge on any atom is 0.0632 e. The molecule has 1 aromatic rings. The van der Waals surface area contributed by atoms with E-state index in [1.54, 1.807) is 0 Å². The summed E-state index contributed by atoms with van der Waals surface area (Å²) in [6.45, 7) is 6.28. The minimum Gasteiger partial charge on any atom is -0.312 e. The molecule has 1 atom stereocenters. The van der Waals surface area contributed by atoms with Gasteiger partial charge in [-0.1, -0.05) is 6.92 Å². The lowest BCUT2D eigenvalue weighted by Gasteiger charge is -2.10. The van der Waals surface area contributed by atoms with Crippen LogP contribution >= 0.6 is 15.9 Å². The summed E-state index contributed by atoms with van der Waals surface area (Å²) in [5.41, 5.74) is 0. The van der Waals surface area contributed by atoms with Crippen molar-refractivity contribution in [1.29, 1.82) is 0 Å². The molecule has 0 radical (unpaired) electrons. The van der Waals surface area contributed by atoms with Crippen LogP contribution in [0.5, 0.6) is 0 Å². The molecule has 1 N–H and O–H groups in total. The molecule has 0 saturated heterocycles. The summed E-state index contributed by atoms with van der Waals surface area (Å²) in [6, 6.07) is 0.596. The Balaban J connectivity index is 2.20. The Morgan fingerprint density at radius 3 is 3.00 bits per heavy atom. The van der Waals surface area contributed by atoms with Crippen molar-refractivity contribution in [1.82, 2.24) is 15.1 Å². The standard InChI is InChI=1S/C9H16BrN3/c1-3-8(2)11-4-5-13-7-9(10)6-12-13/h6-8,11H,3-5H2,1-2H3. The predicted octanol–water partition coefficient (Wildman–Crippen LogP) is 2.03. The molecule has 0 bridgehead atoms. The van der Waals surface area contributed by atoms with Crippen LogP contribution in [0.15, 0.2) is 16.9 Å². The molecule has 1 aromatic heterocycles. The molecule has 1 heterocycles. The van der Waals surface area contributed by atoms with Gasteiger partial charge in [-0.15, -0.1) is 0 Å². The highest BCUT2D eigenvalue weighted by Crippen LogP contribution is 2.05. The van der Waals surface area contributed by atoms with E-state index in [1.807, 2.05) is 17.1 Å². The molecule has 1 rings (SSSR count). The highest BCUT2D eigenvalue weighted by Gasteiger charge is 1.97. The van der Waals surface area contributed by atoms with E-state index >= 15 is 0 Å². The topological polar surface area (TPSA) is 29.9 Å². The van der Waals surface area contributed by atoms with Crippen LogP contribution in [0, 0.1) is 0 Å². The van der Waals surface area contributed by atoms with Gasteiger partial charge in [0, 0.05) is 18.8 Å². The van der Waals surface area contributed by atoms with Crippen LogP contribution in [-0.4, -0.2) is 22.4 Å². The number of hydrogen-bond acceptors (Lipinski definition) is 2. The molecule has 0 amide bonds. The minimum atomic E-state index is 0.596. The number of nitrogens with one attached hydrogen (secondary N) is 1. The SMILES string of the molecule is CCC(C)NCCn1cc(Br)cn1. The van der Waals surface area contributed by atoms with Gasteiger partial charge in [-0.05, 0) is 29.3 Å². The molecule has 1 unspecified atom stereocenters. The Bertz CT molecular complexity index is 247. The van der Waals surface area contributed by atoms with Crippen LogP contribution < -0.4 is 5.32 Å². The van der Waals surface area contributed by atoms with Crippen molar-refractivity contribution in [2.45, 2.75) is 32.9 Å². The lowest BCUT2D eigenvalue weighted by molar-refractivity contribution is 0.487. The molecule has 0 saturated carbocycles. The van der Waals surface area contributed by atoms with Crippen molar-refractivity contribution in [3.63, 3.8) is 0 Å². The van der Waals surface area contributed by atoms with Crippen molar-refractivity contribution in [2.24, 2.45) is 0 Å². The zero-order valence-electron chi connectivity index (χ0n) is 8.13. The van der Waals surface area contributed by atoms with Crippen LogP contribution in [0.25, 0.3) is 0 Å². The summed E-state index contributed by atoms with van der Waals surface area (Å²) in [4.78, 5) is 0. The smallest absolute Gasteiger partial charge is 0.0632 e. The first-order chi connectivity index (χ1) is 6.22. The summed E-state index contributed by atoms with van der Waals surface area (Å²) in [6.07, 6.45) is 4.96. The zero-order valence-corrected chi connectivity index (χ0v) is 9.71. The monoisotopic (exact) mass is 245 g/mol. The quantitative estimate of drug-likeness (QED) is 0.861. The van der Waals surface area contributed by atoms with Gasteiger partial charge in [0.15, 0.2) is 0 Å². The third-order valence-corrected chi connectivity index (χ3v) is 2.46. The van der Waals surface area contributed by atoms with E-state index in [0.717, 1.165) is 17.6 Å². The van der Waals surface area contributed by atoms with E-state index in [1.165, 1.54) is 6.42 Å². The van der Waals surface area contributed by atoms with Crippen LogP contribution in [0.4, 0.5) is 0 Å². The Hall–Kier alpha value is -0.350. The van der Waals surface area contributed by atoms with Gasteiger partial charge < -0.3 is 5.32 Å². The van der Waals surface area contributed by atoms with Crippen molar-refractivity contribution in [3.05, 3.63) is 16.9 Å². The highest BCUT2D eigenvalue weighted by molar-refractivity contribution is 9.10. The average molecular weight is 246 g/mol.